The van der Waals surface area contributed by atoms with Crippen LogP contribution in [0, 0.1) is 6.92 Å². The lowest BCUT2D eigenvalue weighted by Crippen LogP contribution is -2.13. The smallest absolute Gasteiger partial charge is 0.236 e. The average molecular weight is 279 g/mol. The molecule has 0 aliphatic rings. The SMILES string of the molecule is Cc1csc(NC(=O)CSc2cccc(N)c2)n1. The Kier molecular flexibility index (Phi) is 4.22. The number of amides is 1. The maximum Gasteiger partial charge on any atom is 0.236 e. The normalized spacial score (nSPS) is 10.3. The molecule has 1 aromatic carbocycles. The van der Waals surface area contributed by atoms with Crippen LogP contribution in [0.4, 0.5) is 10.8 Å². The summed E-state index contributed by atoms with van der Waals surface area (Å²) in [5.41, 5.74) is 7.29. The van der Waals surface area contributed by atoms with Crippen LogP contribution in [0.5, 0.6) is 0 Å². The molecule has 1 heterocycles. The zero-order chi connectivity index (χ0) is 13.0. The van der Waals surface area contributed by atoms with Crippen molar-refractivity contribution in [1.82, 2.24) is 4.98 Å². The molecule has 0 aliphatic carbocycles. The lowest BCUT2D eigenvalue weighted by atomic mass is 10.3. The first-order valence-electron chi connectivity index (χ1n) is 5.34. The highest BCUT2D eigenvalue weighted by Crippen LogP contribution is 2.21. The highest BCUT2D eigenvalue weighted by molar-refractivity contribution is 8.00. The minimum absolute atomic E-state index is 0.0585. The van der Waals surface area contributed by atoms with Gasteiger partial charge >= 0.3 is 0 Å². The predicted molar refractivity (Wildman–Crippen MR) is 77.1 cm³/mol. The topological polar surface area (TPSA) is 68.0 Å². The molecule has 0 atom stereocenters. The number of carbonyl (C=O) groups is 1. The molecule has 3 N–H and O–H groups in total. The highest BCUT2D eigenvalue weighted by atomic mass is 32.2. The second kappa shape index (κ2) is 5.88. The zero-order valence-corrected chi connectivity index (χ0v) is 11.5. The lowest BCUT2D eigenvalue weighted by Gasteiger charge is -2.02. The van der Waals surface area contributed by atoms with E-state index in [1.807, 2.05) is 36.6 Å². The molecule has 0 saturated carbocycles. The third kappa shape index (κ3) is 3.75. The van der Waals surface area contributed by atoms with Crippen molar-refractivity contribution < 1.29 is 4.79 Å². The molecule has 18 heavy (non-hydrogen) atoms. The van der Waals surface area contributed by atoms with Gasteiger partial charge in [0.05, 0.1) is 11.4 Å². The van der Waals surface area contributed by atoms with E-state index in [1.165, 1.54) is 23.1 Å². The number of rotatable bonds is 4. The second-order valence-corrected chi connectivity index (χ2v) is 5.61. The summed E-state index contributed by atoms with van der Waals surface area (Å²) in [6.45, 7) is 1.90. The fourth-order valence-corrected chi connectivity index (χ4v) is 2.79. The summed E-state index contributed by atoms with van der Waals surface area (Å²) in [6, 6.07) is 7.48. The van der Waals surface area contributed by atoms with Crippen LogP contribution in [-0.2, 0) is 4.79 Å². The number of aryl methyl sites for hydroxylation is 1. The maximum atomic E-state index is 11.7. The molecule has 1 amide bonds. The summed E-state index contributed by atoms with van der Waals surface area (Å²) in [5.74, 6) is 0.291. The Balaban J connectivity index is 1.85. The Hall–Kier alpha value is -1.53. The molecule has 0 radical (unpaired) electrons. The Morgan fingerprint density at radius 1 is 1.56 bits per heavy atom. The molecule has 0 aliphatic heterocycles. The Morgan fingerprint density at radius 2 is 2.39 bits per heavy atom. The van der Waals surface area contributed by atoms with Gasteiger partial charge in [0.15, 0.2) is 5.13 Å². The van der Waals surface area contributed by atoms with Crippen molar-refractivity contribution in [3.63, 3.8) is 0 Å². The van der Waals surface area contributed by atoms with Crippen molar-refractivity contribution in [3.05, 3.63) is 35.3 Å². The van der Waals surface area contributed by atoms with Crippen molar-refractivity contribution >= 4 is 39.8 Å². The summed E-state index contributed by atoms with van der Waals surface area (Å²) in [6.07, 6.45) is 0. The van der Waals surface area contributed by atoms with E-state index < -0.39 is 0 Å². The van der Waals surface area contributed by atoms with E-state index in [0.717, 1.165) is 10.6 Å². The number of nitrogens with zero attached hydrogens (tertiary/aromatic N) is 1. The number of thiazole rings is 1. The van der Waals surface area contributed by atoms with Crippen LogP contribution >= 0.6 is 23.1 Å². The van der Waals surface area contributed by atoms with E-state index >= 15 is 0 Å². The summed E-state index contributed by atoms with van der Waals surface area (Å²) in [7, 11) is 0. The van der Waals surface area contributed by atoms with Gasteiger partial charge in [-0.05, 0) is 25.1 Å². The van der Waals surface area contributed by atoms with Gasteiger partial charge in [-0.25, -0.2) is 4.98 Å². The van der Waals surface area contributed by atoms with Crippen LogP contribution < -0.4 is 11.1 Å². The fraction of sp³-hybridized carbons (Fsp3) is 0.167. The molecular weight excluding hydrogens is 266 g/mol. The van der Waals surface area contributed by atoms with Crippen LogP contribution in [0.3, 0.4) is 0 Å². The van der Waals surface area contributed by atoms with Crippen molar-refractivity contribution in [2.24, 2.45) is 0 Å². The van der Waals surface area contributed by atoms with E-state index in [2.05, 4.69) is 10.3 Å². The molecule has 0 fully saturated rings. The molecule has 0 saturated heterocycles. The van der Waals surface area contributed by atoms with E-state index in [0.29, 0.717) is 16.6 Å². The number of benzene rings is 1. The van der Waals surface area contributed by atoms with Crippen LogP contribution in [-0.4, -0.2) is 16.6 Å². The molecular formula is C12H13N3OS2. The minimum atomic E-state index is -0.0585. The molecule has 1 aromatic heterocycles. The maximum absolute atomic E-state index is 11.7. The largest absolute Gasteiger partial charge is 0.399 e. The summed E-state index contributed by atoms with van der Waals surface area (Å²) in [5, 5.41) is 5.31. The van der Waals surface area contributed by atoms with Gasteiger partial charge in [0.2, 0.25) is 5.91 Å². The Bertz CT molecular complexity index is 554. The monoisotopic (exact) mass is 279 g/mol. The van der Waals surface area contributed by atoms with Gasteiger partial charge in [-0.15, -0.1) is 23.1 Å². The van der Waals surface area contributed by atoms with E-state index in [-0.39, 0.29) is 5.91 Å². The standard InChI is InChI=1S/C12H13N3OS2/c1-8-6-18-12(14-8)15-11(16)7-17-10-4-2-3-9(13)5-10/h2-6H,7,13H2,1H3,(H,14,15,16). The summed E-state index contributed by atoms with van der Waals surface area (Å²) < 4.78 is 0. The molecule has 4 nitrogen and oxygen atoms in total. The number of aromatic nitrogens is 1. The lowest BCUT2D eigenvalue weighted by molar-refractivity contribution is -0.113. The Labute approximate surface area is 114 Å². The van der Waals surface area contributed by atoms with Gasteiger partial charge < -0.3 is 11.1 Å². The summed E-state index contributed by atoms with van der Waals surface area (Å²) in [4.78, 5) is 16.8. The zero-order valence-electron chi connectivity index (χ0n) is 9.84. The van der Waals surface area contributed by atoms with Crippen LogP contribution in [0.1, 0.15) is 5.69 Å². The predicted octanol–water partition coefficient (Wildman–Crippen LogP) is 2.76. The first-order valence-corrected chi connectivity index (χ1v) is 7.20. The number of hydrogen-bond acceptors (Lipinski definition) is 5. The van der Waals surface area contributed by atoms with Crippen LogP contribution in [0.25, 0.3) is 0 Å². The number of hydrogen-bond donors (Lipinski definition) is 2. The molecule has 0 unspecified atom stereocenters. The van der Waals surface area contributed by atoms with Crippen molar-refractivity contribution in [3.8, 4) is 0 Å². The third-order valence-electron chi connectivity index (χ3n) is 2.09. The summed E-state index contributed by atoms with van der Waals surface area (Å²) >= 11 is 2.88. The van der Waals surface area contributed by atoms with E-state index in [1.54, 1.807) is 0 Å². The molecule has 2 aromatic rings. The van der Waals surface area contributed by atoms with Crippen molar-refractivity contribution in [2.45, 2.75) is 11.8 Å². The van der Waals surface area contributed by atoms with Gasteiger partial charge in [-0.1, -0.05) is 6.07 Å². The quantitative estimate of drug-likeness (QED) is 0.667. The van der Waals surface area contributed by atoms with E-state index in [9.17, 15) is 4.79 Å². The van der Waals surface area contributed by atoms with Gasteiger partial charge in [0, 0.05) is 16.0 Å². The van der Waals surface area contributed by atoms with E-state index in [4.69, 9.17) is 5.73 Å². The Morgan fingerprint density at radius 3 is 3.06 bits per heavy atom. The number of nitrogens with one attached hydrogen (secondary N) is 1. The number of anilines is 2. The van der Waals surface area contributed by atoms with Crippen molar-refractivity contribution in [2.75, 3.05) is 16.8 Å². The number of nitrogens with two attached hydrogens (primary N) is 1. The minimum Gasteiger partial charge on any atom is -0.399 e. The van der Waals surface area contributed by atoms with Gasteiger partial charge in [0.25, 0.3) is 0 Å². The van der Waals surface area contributed by atoms with Crippen LogP contribution in [0.15, 0.2) is 34.5 Å². The highest BCUT2D eigenvalue weighted by Gasteiger charge is 2.06. The number of thioether (sulfide) groups is 1. The van der Waals surface area contributed by atoms with Gasteiger partial charge in [-0.2, -0.15) is 0 Å². The first-order chi connectivity index (χ1) is 8.63. The third-order valence-corrected chi connectivity index (χ3v) is 3.96. The van der Waals surface area contributed by atoms with Gasteiger partial charge in [0.1, 0.15) is 0 Å². The molecule has 0 bridgehead atoms. The van der Waals surface area contributed by atoms with Crippen LogP contribution in [0.2, 0.25) is 0 Å². The van der Waals surface area contributed by atoms with Gasteiger partial charge in [-0.3, -0.25) is 4.79 Å². The molecule has 0 spiro atoms. The molecule has 2 rings (SSSR count). The fourth-order valence-electron chi connectivity index (χ4n) is 1.32. The number of nitrogen functional groups attached to an aromatic ring is 1. The van der Waals surface area contributed by atoms with Crippen molar-refractivity contribution in [1.29, 1.82) is 0 Å². The molecule has 6 heteroatoms. The molecule has 94 valence electrons. The first kappa shape index (κ1) is 12.9. The average Bonchev–Trinajstić information content (AvgIpc) is 2.72. The second-order valence-electron chi connectivity index (χ2n) is 3.70. The number of carbonyl (C=O) groups excluding carboxylic acids is 1.